The fourth-order valence-corrected chi connectivity index (χ4v) is 2.97. The minimum atomic E-state index is -1.41. The average Bonchev–Trinajstić information content (AvgIpc) is 2.63. The predicted octanol–water partition coefficient (Wildman–Crippen LogP) is 1.32. The van der Waals surface area contributed by atoms with E-state index in [9.17, 15) is 19.8 Å². The van der Waals surface area contributed by atoms with Crippen LogP contribution < -0.4 is 16.4 Å². The molecule has 0 aromatic carbocycles. The van der Waals surface area contributed by atoms with E-state index in [1.54, 1.807) is 6.08 Å². The molecular formula is C19H37N3O4S. The standard InChI is InChI=1S/C19H37N3O4S/c1-4-9-19(10-11-23,18(25)26)22-17(24)8-6-7-16(14(3)5-2)21-12-15(20)13-27/h6-7,14-16,21,23,27H,4-5,8-13,20H2,1-3H3,(H,22,24)(H,25,26)/b7-6+/t14-,15+,16+,19+/m0/s1. The number of carbonyl (C=O) groups excluding carboxylic acids is 1. The molecule has 158 valence electrons. The first-order chi connectivity index (χ1) is 12.8. The summed E-state index contributed by atoms with van der Waals surface area (Å²) in [6.07, 6.45) is 5.60. The Morgan fingerprint density at radius 1 is 1.30 bits per heavy atom. The Morgan fingerprint density at radius 3 is 2.44 bits per heavy atom. The van der Waals surface area contributed by atoms with Crippen LogP contribution in [0.25, 0.3) is 0 Å². The van der Waals surface area contributed by atoms with Gasteiger partial charge in [-0.05, 0) is 12.3 Å². The van der Waals surface area contributed by atoms with Gasteiger partial charge in [-0.15, -0.1) is 0 Å². The second-order valence-electron chi connectivity index (χ2n) is 7.05. The third-order valence-corrected chi connectivity index (χ3v) is 5.23. The van der Waals surface area contributed by atoms with Crippen LogP contribution in [0.3, 0.4) is 0 Å². The number of nitrogens with one attached hydrogen (secondary N) is 2. The fourth-order valence-electron chi connectivity index (χ4n) is 2.84. The van der Waals surface area contributed by atoms with Crippen LogP contribution in [0.15, 0.2) is 12.2 Å². The molecule has 0 unspecified atom stereocenters. The molecule has 0 aliphatic heterocycles. The molecule has 0 saturated heterocycles. The van der Waals surface area contributed by atoms with E-state index < -0.39 is 11.5 Å². The van der Waals surface area contributed by atoms with Crippen LogP contribution in [0.5, 0.6) is 0 Å². The van der Waals surface area contributed by atoms with Crippen LogP contribution in [0.1, 0.15) is 52.9 Å². The highest BCUT2D eigenvalue weighted by Gasteiger charge is 2.38. The molecular weight excluding hydrogens is 366 g/mol. The lowest BCUT2D eigenvalue weighted by atomic mass is 9.90. The summed E-state index contributed by atoms with van der Waals surface area (Å²) in [6.45, 7) is 6.39. The Labute approximate surface area is 168 Å². The van der Waals surface area contributed by atoms with Gasteiger partial charge in [-0.1, -0.05) is 45.8 Å². The van der Waals surface area contributed by atoms with Crippen LogP contribution in [0.2, 0.25) is 0 Å². The summed E-state index contributed by atoms with van der Waals surface area (Å²) in [5, 5.41) is 24.7. The maximum Gasteiger partial charge on any atom is 0.329 e. The zero-order chi connectivity index (χ0) is 20.9. The van der Waals surface area contributed by atoms with Crippen molar-refractivity contribution in [2.24, 2.45) is 11.7 Å². The number of aliphatic hydroxyl groups is 1. The molecule has 8 heteroatoms. The number of aliphatic carboxylic acids is 1. The minimum absolute atomic E-state index is 0.00963. The summed E-state index contributed by atoms with van der Waals surface area (Å²) < 4.78 is 0. The number of carboxylic acid groups (broad SMARTS) is 1. The Morgan fingerprint density at radius 2 is 1.96 bits per heavy atom. The zero-order valence-corrected chi connectivity index (χ0v) is 17.7. The highest BCUT2D eigenvalue weighted by Crippen LogP contribution is 2.18. The first-order valence-electron chi connectivity index (χ1n) is 9.68. The van der Waals surface area contributed by atoms with Gasteiger partial charge in [0.05, 0.1) is 0 Å². The summed E-state index contributed by atoms with van der Waals surface area (Å²) >= 11 is 4.18. The number of amides is 1. The van der Waals surface area contributed by atoms with Crippen molar-refractivity contribution in [1.82, 2.24) is 10.6 Å². The Hall–Kier alpha value is -1.09. The SMILES string of the molecule is CCC[C@](CCO)(NC(=O)C/C=C/[C@@H](NC[C@@H](N)CS)[C@@H](C)CC)C(=O)O. The number of rotatable bonds is 15. The number of hydrogen-bond donors (Lipinski definition) is 6. The Kier molecular flexibility index (Phi) is 13.4. The molecule has 0 aromatic heterocycles. The van der Waals surface area contributed by atoms with Crippen molar-refractivity contribution in [2.45, 2.75) is 70.5 Å². The van der Waals surface area contributed by atoms with Gasteiger partial charge in [-0.2, -0.15) is 12.6 Å². The van der Waals surface area contributed by atoms with Crippen molar-refractivity contribution in [3.63, 3.8) is 0 Å². The van der Waals surface area contributed by atoms with Crippen LogP contribution in [0.4, 0.5) is 0 Å². The summed E-state index contributed by atoms with van der Waals surface area (Å²) in [4.78, 5) is 23.9. The van der Waals surface area contributed by atoms with Gasteiger partial charge >= 0.3 is 5.97 Å². The van der Waals surface area contributed by atoms with Crippen LogP contribution in [-0.2, 0) is 9.59 Å². The Bertz CT molecular complexity index is 468. The van der Waals surface area contributed by atoms with Gasteiger partial charge in [0, 0.05) is 43.8 Å². The van der Waals surface area contributed by atoms with Gasteiger partial charge in [-0.3, -0.25) is 4.79 Å². The molecule has 0 rings (SSSR count). The van der Waals surface area contributed by atoms with E-state index in [0.717, 1.165) is 6.42 Å². The molecule has 27 heavy (non-hydrogen) atoms. The molecule has 1 amide bonds. The summed E-state index contributed by atoms with van der Waals surface area (Å²) in [6, 6.07) is 0.0337. The van der Waals surface area contributed by atoms with Crippen molar-refractivity contribution in [1.29, 1.82) is 0 Å². The summed E-state index contributed by atoms with van der Waals surface area (Å²) in [7, 11) is 0. The number of carbonyl (C=O) groups is 2. The van der Waals surface area contributed by atoms with Crippen molar-refractivity contribution in [2.75, 3.05) is 18.9 Å². The zero-order valence-electron chi connectivity index (χ0n) is 16.8. The maximum atomic E-state index is 12.3. The van der Waals surface area contributed by atoms with Crippen molar-refractivity contribution >= 4 is 24.5 Å². The number of aliphatic hydroxyl groups excluding tert-OH is 1. The van der Waals surface area contributed by atoms with Gasteiger partial charge in [0.1, 0.15) is 5.54 Å². The van der Waals surface area contributed by atoms with Gasteiger partial charge in [0.15, 0.2) is 0 Å². The van der Waals surface area contributed by atoms with Crippen molar-refractivity contribution < 1.29 is 19.8 Å². The van der Waals surface area contributed by atoms with Gasteiger partial charge in [0.2, 0.25) is 5.91 Å². The summed E-state index contributed by atoms with van der Waals surface area (Å²) in [5.74, 6) is -0.531. The molecule has 0 fully saturated rings. The van der Waals surface area contributed by atoms with Crippen LogP contribution >= 0.6 is 12.6 Å². The first kappa shape index (κ1) is 25.9. The summed E-state index contributed by atoms with van der Waals surface area (Å²) in [5.41, 5.74) is 4.48. The molecule has 0 aliphatic rings. The third-order valence-electron chi connectivity index (χ3n) is 4.76. The van der Waals surface area contributed by atoms with E-state index in [2.05, 4.69) is 37.1 Å². The largest absolute Gasteiger partial charge is 0.480 e. The molecule has 0 radical (unpaired) electrons. The van der Waals surface area contributed by atoms with Gasteiger partial charge in [0.25, 0.3) is 0 Å². The average molecular weight is 404 g/mol. The number of carboxylic acids is 1. The Balaban J connectivity index is 4.90. The molecule has 6 N–H and O–H groups in total. The van der Waals surface area contributed by atoms with E-state index in [0.29, 0.717) is 24.6 Å². The van der Waals surface area contributed by atoms with Crippen molar-refractivity contribution in [3.8, 4) is 0 Å². The normalized spacial score (nSPS) is 17.3. The lowest BCUT2D eigenvalue weighted by Gasteiger charge is -2.29. The maximum absolute atomic E-state index is 12.3. The highest BCUT2D eigenvalue weighted by molar-refractivity contribution is 7.80. The highest BCUT2D eigenvalue weighted by atomic mass is 32.1. The van der Waals surface area contributed by atoms with Crippen LogP contribution in [0, 0.1) is 5.92 Å². The number of nitrogens with two attached hydrogens (primary N) is 1. The molecule has 0 spiro atoms. The lowest BCUT2D eigenvalue weighted by molar-refractivity contribution is -0.148. The molecule has 0 aliphatic carbocycles. The van der Waals surface area contributed by atoms with Crippen molar-refractivity contribution in [3.05, 3.63) is 12.2 Å². The van der Waals surface area contributed by atoms with E-state index >= 15 is 0 Å². The first-order valence-corrected chi connectivity index (χ1v) is 10.3. The minimum Gasteiger partial charge on any atom is -0.480 e. The number of thiol groups is 1. The second-order valence-corrected chi connectivity index (χ2v) is 7.42. The molecule has 0 saturated carbocycles. The topological polar surface area (TPSA) is 125 Å². The monoisotopic (exact) mass is 403 g/mol. The molecule has 7 nitrogen and oxygen atoms in total. The lowest BCUT2D eigenvalue weighted by Crippen LogP contribution is -2.55. The smallest absolute Gasteiger partial charge is 0.329 e. The molecule has 4 atom stereocenters. The fraction of sp³-hybridized carbons (Fsp3) is 0.789. The molecule has 0 bridgehead atoms. The number of hydrogen-bond acceptors (Lipinski definition) is 6. The van der Waals surface area contributed by atoms with E-state index in [-0.39, 0.29) is 43.9 Å². The molecule has 0 aromatic rings. The van der Waals surface area contributed by atoms with Gasteiger partial charge in [-0.25, -0.2) is 4.79 Å². The second kappa shape index (κ2) is 14.0. The van der Waals surface area contributed by atoms with E-state index in [1.165, 1.54) is 0 Å². The quantitative estimate of drug-likeness (QED) is 0.181. The molecule has 0 heterocycles. The predicted molar refractivity (Wildman–Crippen MR) is 112 cm³/mol. The van der Waals surface area contributed by atoms with Crippen LogP contribution in [-0.4, -0.2) is 58.6 Å². The van der Waals surface area contributed by atoms with E-state index in [1.807, 2.05) is 13.0 Å². The van der Waals surface area contributed by atoms with Gasteiger partial charge < -0.3 is 26.6 Å². The third kappa shape index (κ3) is 9.60. The van der Waals surface area contributed by atoms with E-state index in [4.69, 9.17) is 5.73 Å².